The van der Waals surface area contributed by atoms with Crippen LogP contribution in [0.4, 0.5) is 4.79 Å². The average molecular weight is 427 g/mol. The van der Waals surface area contributed by atoms with Crippen LogP contribution in [-0.4, -0.2) is 52.6 Å². The first-order valence-corrected chi connectivity index (χ1v) is 10.8. The van der Waals surface area contributed by atoms with Crippen molar-refractivity contribution in [3.63, 3.8) is 0 Å². The Morgan fingerprint density at radius 2 is 2.06 bits per heavy atom. The lowest BCUT2D eigenvalue weighted by molar-refractivity contribution is -0.0386. The number of carbonyl (C=O) groups excluding carboxylic acids is 1. The molecular weight excluding hydrogens is 396 g/mol. The zero-order valence-corrected chi connectivity index (χ0v) is 18.0. The Bertz CT molecular complexity index is 888. The van der Waals surface area contributed by atoms with Crippen LogP contribution in [0.5, 0.6) is 11.5 Å². The third-order valence-electron chi connectivity index (χ3n) is 6.05. The topological polar surface area (TPSA) is 87.2 Å². The van der Waals surface area contributed by atoms with E-state index in [4.69, 9.17) is 9.47 Å². The molecule has 0 radical (unpaired) electrons. The second-order valence-electron chi connectivity index (χ2n) is 8.10. The highest BCUT2D eigenvalue weighted by molar-refractivity contribution is 5.74. The summed E-state index contributed by atoms with van der Waals surface area (Å²) in [6.07, 6.45) is 7.59. The van der Waals surface area contributed by atoms with Crippen LogP contribution in [0, 0.1) is 0 Å². The number of pyridine rings is 1. The second kappa shape index (κ2) is 9.53. The van der Waals surface area contributed by atoms with Crippen LogP contribution in [0.2, 0.25) is 0 Å². The summed E-state index contributed by atoms with van der Waals surface area (Å²) in [4.78, 5) is 16.8. The first-order chi connectivity index (χ1) is 15.1. The van der Waals surface area contributed by atoms with E-state index in [-0.39, 0.29) is 18.2 Å². The largest absolute Gasteiger partial charge is 0.493 e. The number of carbonyl (C=O) groups is 1. The number of nitrogens with zero attached hydrogens (tertiary/aromatic N) is 3. The summed E-state index contributed by atoms with van der Waals surface area (Å²) in [6.45, 7) is 0.344. The van der Waals surface area contributed by atoms with Gasteiger partial charge in [0.1, 0.15) is 6.23 Å². The Morgan fingerprint density at radius 1 is 1.26 bits per heavy atom. The molecule has 2 N–H and O–H groups in total. The Kier molecular flexibility index (Phi) is 6.58. The maximum atomic E-state index is 12.8. The molecule has 1 aromatic carbocycles. The average Bonchev–Trinajstić information content (AvgIpc) is 3.40. The first-order valence-electron chi connectivity index (χ1n) is 10.8. The lowest BCUT2D eigenvalue weighted by atomic mass is 10.0. The summed E-state index contributed by atoms with van der Waals surface area (Å²) in [5.74, 6) is 1.41. The predicted molar refractivity (Wildman–Crippen MR) is 115 cm³/mol. The van der Waals surface area contributed by atoms with Gasteiger partial charge >= 0.3 is 6.03 Å². The molecule has 2 atom stereocenters. The monoisotopic (exact) mass is 426 g/mol. The molecule has 8 heteroatoms. The second-order valence-corrected chi connectivity index (χ2v) is 8.10. The Hall–Kier alpha value is -2.84. The summed E-state index contributed by atoms with van der Waals surface area (Å²) in [7, 11) is 3.45. The van der Waals surface area contributed by atoms with E-state index in [1.165, 1.54) is 17.9 Å². The van der Waals surface area contributed by atoms with Gasteiger partial charge in [0, 0.05) is 32.4 Å². The van der Waals surface area contributed by atoms with Gasteiger partial charge in [0.05, 0.1) is 19.3 Å². The molecule has 2 fully saturated rings. The van der Waals surface area contributed by atoms with Crippen molar-refractivity contribution in [2.45, 2.75) is 57.0 Å². The van der Waals surface area contributed by atoms with Crippen LogP contribution in [-0.2, 0) is 6.54 Å². The van der Waals surface area contributed by atoms with Gasteiger partial charge in [-0.2, -0.15) is 0 Å². The molecular formula is C23H30N4O4. The molecule has 2 unspecified atom stereocenters. The third kappa shape index (κ3) is 4.75. The van der Waals surface area contributed by atoms with E-state index >= 15 is 0 Å². The number of hydrogen-bond donors (Lipinski definition) is 2. The van der Waals surface area contributed by atoms with Crippen molar-refractivity contribution in [3.8, 4) is 11.5 Å². The van der Waals surface area contributed by atoms with Gasteiger partial charge in [0.15, 0.2) is 11.5 Å². The van der Waals surface area contributed by atoms with Crippen molar-refractivity contribution >= 4 is 6.03 Å². The summed E-state index contributed by atoms with van der Waals surface area (Å²) in [5.41, 5.74) is 1.87. The SMILES string of the molecule is COc1ccc(C2CC(O)N(C(=O)NCc3cccnc3)N2C)cc1OC1CCCC1. The number of hydrazine groups is 1. The molecule has 2 heterocycles. The molecule has 31 heavy (non-hydrogen) atoms. The third-order valence-corrected chi connectivity index (χ3v) is 6.05. The van der Waals surface area contributed by atoms with Crippen LogP contribution in [0.1, 0.15) is 49.3 Å². The number of amides is 2. The first kappa shape index (κ1) is 21.4. The summed E-state index contributed by atoms with van der Waals surface area (Å²) in [6, 6.07) is 9.04. The maximum Gasteiger partial charge on any atom is 0.334 e. The number of methoxy groups -OCH3 is 1. The minimum Gasteiger partial charge on any atom is -0.493 e. The van der Waals surface area contributed by atoms with Crippen molar-refractivity contribution in [2.75, 3.05) is 14.2 Å². The van der Waals surface area contributed by atoms with Gasteiger partial charge in [0.2, 0.25) is 0 Å². The van der Waals surface area contributed by atoms with Gasteiger partial charge in [-0.3, -0.25) is 4.98 Å². The fourth-order valence-electron chi connectivity index (χ4n) is 4.38. The molecule has 1 aliphatic carbocycles. The van der Waals surface area contributed by atoms with Crippen LogP contribution in [0.25, 0.3) is 0 Å². The molecule has 2 aliphatic rings. The number of rotatable bonds is 6. The van der Waals surface area contributed by atoms with Gasteiger partial charge in [-0.05, 0) is 55.0 Å². The van der Waals surface area contributed by atoms with Crippen LogP contribution in [0.15, 0.2) is 42.7 Å². The van der Waals surface area contributed by atoms with E-state index in [2.05, 4.69) is 10.3 Å². The van der Waals surface area contributed by atoms with E-state index in [1.54, 1.807) is 24.5 Å². The molecule has 1 saturated heterocycles. The number of aliphatic hydroxyl groups is 1. The van der Waals surface area contributed by atoms with Crippen LogP contribution >= 0.6 is 0 Å². The summed E-state index contributed by atoms with van der Waals surface area (Å²) < 4.78 is 11.7. The molecule has 0 spiro atoms. The highest BCUT2D eigenvalue weighted by Gasteiger charge is 2.40. The molecule has 1 saturated carbocycles. The van der Waals surface area contributed by atoms with Crippen molar-refractivity contribution in [1.29, 1.82) is 0 Å². The molecule has 2 amide bonds. The summed E-state index contributed by atoms with van der Waals surface area (Å²) >= 11 is 0. The van der Waals surface area contributed by atoms with Gasteiger partial charge in [0.25, 0.3) is 0 Å². The van der Waals surface area contributed by atoms with E-state index < -0.39 is 6.23 Å². The number of aromatic nitrogens is 1. The van der Waals surface area contributed by atoms with E-state index in [0.717, 1.165) is 24.0 Å². The standard InChI is InChI=1S/C23H30N4O4/c1-26-19(13-22(28)27(26)23(29)25-15-16-6-5-11-24-14-16)17-9-10-20(30-2)21(12-17)31-18-7-3-4-8-18/h5-6,9-12,14,18-19,22,28H,3-4,7-8,13,15H2,1-2H3,(H,25,29). The minimum absolute atomic E-state index is 0.157. The fraction of sp³-hybridized carbons (Fsp3) is 0.478. The van der Waals surface area contributed by atoms with Gasteiger partial charge in [-0.15, -0.1) is 0 Å². The van der Waals surface area contributed by atoms with Crippen molar-refractivity contribution in [3.05, 3.63) is 53.9 Å². The fourth-order valence-corrected chi connectivity index (χ4v) is 4.38. The van der Waals surface area contributed by atoms with Crippen molar-refractivity contribution < 1.29 is 19.4 Å². The van der Waals surface area contributed by atoms with Crippen LogP contribution < -0.4 is 14.8 Å². The molecule has 4 rings (SSSR count). The number of benzene rings is 1. The highest BCUT2D eigenvalue weighted by atomic mass is 16.5. The van der Waals surface area contributed by atoms with Crippen molar-refractivity contribution in [2.24, 2.45) is 0 Å². The smallest absolute Gasteiger partial charge is 0.334 e. The van der Waals surface area contributed by atoms with Crippen LogP contribution in [0.3, 0.4) is 0 Å². The van der Waals surface area contributed by atoms with Crippen molar-refractivity contribution in [1.82, 2.24) is 20.3 Å². The lowest BCUT2D eigenvalue weighted by Crippen LogP contribution is -2.48. The number of urea groups is 1. The molecule has 0 bridgehead atoms. The molecule has 8 nitrogen and oxygen atoms in total. The van der Waals surface area contributed by atoms with E-state index in [9.17, 15) is 9.90 Å². The van der Waals surface area contributed by atoms with E-state index in [0.29, 0.717) is 24.5 Å². The Balaban J connectivity index is 1.46. The normalized spacial score (nSPS) is 22.0. The molecule has 1 aromatic heterocycles. The van der Waals surface area contributed by atoms with E-state index in [1.807, 2.05) is 37.4 Å². The quantitative estimate of drug-likeness (QED) is 0.738. The Morgan fingerprint density at radius 3 is 2.77 bits per heavy atom. The van der Waals surface area contributed by atoms with Gasteiger partial charge in [-0.1, -0.05) is 12.1 Å². The summed E-state index contributed by atoms with van der Waals surface area (Å²) in [5, 5.41) is 16.6. The van der Waals surface area contributed by atoms with Gasteiger partial charge < -0.3 is 19.9 Å². The molecule has 1 aliphatic heterocycles. The maximum absolute atomic E-state index is 12.8. The molecule has 166 valence electrons. The Labute approximate surface area is 182 Å². The number of hydrogen-bond acceptors (Lipinski definition) is 6. The minimum atomic E-state index is -0.912. The predicted octanol–water partition coefficient (Wildman–Crippen LogP) is 3.23. The number of ether oxygens (including phenoxy) is 2. The lowest BCUT2D eigenvalue weighted by Gasteiger charge is -2.30. The molecule has 2 aromatic rings. The zero-order chi connectivity index (χ0) is 21.8. The highest BCUT2D eigenvalue weighted by Crippen LogP contribution is 2.39. The van der Waals surface area contributed by atoms with Gasteiger partial charge in [-0.25, -0.2) is 14.8 Å². The number of nitrogens with one attached hydrogen (secondary N) is 1. The zero-order valence-electron chi connectivity index (χ0n) is 18.0. The number of aliphatic hydroxyl groups excluding tert-OH is 1.